The van der Waals surface area contributed by atoms with Gasteiger partial charge in [-0.1, -0.05) is 30.3 Å². The molecule has 0 aliphatic carbocycles. The Morgan fingerprint density at radius 1 is 0.895 bits per heavy atom. The minimum atomic E-state index is -0.998. The SMILES string of the molecule is COC(=O)c1ccc(CN2C(=O)S/C(=C\c3ccc(OCc4ccc(C(=O)O)cc4)c(OC)c3)C2=O)cc1. The smallest absolute Gasteiger partial charge is 0.337 e. The average molecular weight is 534 g/mol. The first-order valence-electron chi connectivity index (χ1n) is 11.3. The van der Waals surface area contributed by atoms with Crippen molar-refractivity contribution in [3.8, 4) is 11.5 Å². The largest absolute Gasteiger partial charge is 0.493 e. The standard InChI is InChI=1S/C28H23NO8S/c1-35-23-13-19(7-12-22(23)37-16-18-5-8-20(9-6-18)26(31)32)14-24-25(30)29(28(34)38-24)15-17-3-10-21(11-4-17)27(33)36-2/h3-14H,15-16H2,1-2H3,(H,31,32)/b24-14-. The Labute approximate surface area is 222 Å². The summed E-state index contributed by atoms with van der Waals surface area (Å²) in [5, 5.41) is 8.63. The van der Waals surface area contributed by atoms with Crippen LogP contribution in [0.5, 0.6) is 11.5 Å². The molecule has 0 atom stereocenters. The van der Waals surface area contributed by atoms with Crippen LogP contribution in [0.3, 0.4) is 0 Å². The Bertz CT molecular complexity index is 1410. The molecule has 0 saturated carbocycles. The number of imide groups is 1. The molecule has 0 spiro atoms. The number of esters is 1. The minimum absolute atomic E-state index is 0.0764. The first kappa shape index (κ1) is 26.5. The lowest BCUT2D eigenvalue weighted by Crippen LogP contribution is -2.27. The number of methoxy groups -OCH3 is 2. The molecule has 0 unspecified atom stereocenters. The molecule has 0 radical (unpaired) electrons. The molecule has 194 valence electrons. The summed E-state index contributed by atoms with van der Waals surface area (Å²) in [4.78, 5) is 49.5. The Kier molecular flexibility index (Phi) is 8.12. The Balaban J connectivity index is 1.44. The Morgan fingerprint density at radius 3 is 2.18 bits per heavy atom. The van der Waals surface area contributed by atoms with Gasteiger partial charge in [0.2, 0.25) is 0 Å². The number of carbonyl (C=O) groups excluding carboxylic acids is 3. The molecule has 10 heteroatoms. The summed E-state index contributed by atoms with van der Waals surface area (Å²) < 4.78 is 16.0. The lowest BCUT2D eigenvalue weighted by atomic mass is 10.1. The first-order valence-corrected chi connectivity index (χ1v) is 12.2. The van der Waals surface area contributed by atoms with Crippen LogP contribution in [0.4, 0.5) is 4.79 Å². The van der Waals surface area contributed by atoms with Crippen molar-refractivity contribution < 1.29 is 38.5 Å². The lowest BCUT2D eigenvalue weighted by molar-refractivity contribution is -0.123. The second-order valence-electron chi connectivity index (χ2n) is 8.16. The van der Waals surface area contributed by atoms with E-state index in [1.165, 1.54) is 26.4 Å². The number of carboxylic acids is 1. The van der Waals surface area contributed by atoms with Crippen LogP contribution < -0.4 is 9.47 Å². The van der Waals surface area contributed by atoms with Gasteiger partial charge in [0.15, 0.2) is 11.5 Å². The van der Waals surface area contributed by atoms with Gasteiger partial charge in [0, 0.05) is 0 Å². The van der Waals surface area contributed by atoms with E-state index >= 15 is 0 Å². The molecule has 3 aromatic carbocycles. The molecule has 2 amide bonds. The third-order valence-electron chi connectivity index (χ3n) is 5.67. The van der Waals surface area contributed by atoms with Crippen LogP contribution in [0.25, 0.3) is 6.08 Å². The van der Waals surface area contributed by atoms with E-state index in [0.717, 1.165) is 22.2 Å². The number of nitrogens with zero attached hydrogens (tertiary/aromatic N) is 1. The molecular formula is C28H23NO8S. The Morgan fingerprint density at radius 2 is 1.55 bits per heavy atom. The molecule has 1 N–H and O–H groups in total. The van der Waals surface area contributed by atoms with Crippen molar-refractivity contribution in [2.75, 3.05) is 14.2 Å². The van der Waals surface area contributed by atoms with Crippen LogP contribution in [0.15, 0.2) is 71.6 Å². The van der Waals surface area contributed by atoms with E-state index in [1.54, 1.807) is 60.7 Å². The Hall–Kier alpha value is -4.57. The van der Waals surface area contributed by atoms with Gasteiger partial charge >= 0.3 is 11.9 Å². The van der Waals surface area contributed by atoms with E-state index < -0.39 is 17.8 Å². The summed E-state index contributed by atoms with van der Waals surface area (Å²) in [6.07, 6.45) is 1.61. The molecular weight excluding hydrogens is 510 g/mol. The maximum Gasteiger partial charge on any atom is 0.337 e. The highest BCUT2D eigenvalue weighted by Gasteiger charge is 2.35. The normalized spacial score (nSPS) is 14.1. The molecule has 9 nitrogen and oxygen atoms in total. The van der Waals surface area contributed by atoms with E-state index in [2.05, 4.69) is 4.74 Å². The van der Waals surface area contributed by atoms with Gasteiger partial charge in [-0.25, -0.2) is 9.59 Å². The van der Waals surface area contributed by atoms with Gasteiger partial charge in [-0.15, -0.1) is 0 Å². The van der Waals surface area contributed by atoms with Crippen molar-refractivity contribution >= 4 is 40.9 Å². The van der Waals surface area contributed by atoms with E-state index in [1.807, 2.05) is 0 Å². The maximum absolute atomic E-state index is 12.9. The van der Waals surface area contributed by atoms with Crippen molar-refractivity contribution in [2.45, 2.75) is 13.2 Å². The van der Waals surface area contributed by atoms with Crippen LogP contribution in [-0.2, 0) is 22.7 Å². The number of hydrogen-bond acceptors (Lipinski definition) is 8. The molecule has 38 heavy (non-hydrogen) atoms. The number of carbonyl (C=O) groups is 4. The molecule has 3 aromatic rings. The second kappa shape index (κ2) is 11.7. The van der Waals surface area contributed by atoms with Crippen LogP contribution in [-0.4, -0.2) is 47.3 Å². The number of amides is 2. The van der Waals surface area contributed by atoms with Crippen LogP contribution in [0, 0.1) is 0 Å². The minimum Gasteiger partial charge on any atom is -0.493 e. The summed E-state index contributed by atoms with van der Waals surface area (Å²) >= 11 is 0.846. The summed E-state index contributed by atoms with van der Waals surface area (Å²) in [5.74, 6) is -0.976. The van der Waals surface area contributed by atoms with Crippen molar-refractivity contribution in [3.05, 3.63) is 99.5 Å². The third-order valence-corrected chi connectivity index (χ3v) is 6.58. The lowest BCUT2D eigenvalue weighted by Gasteiger charge is -2.13. The number of ether oxygens (including phenoxy) is 3. The predicted octanol–water partition coefficient (Wildman–Crippen LogP) is 5.00. The fraction of sp³-hybridized carbons (Fsp3) is 0.143. The van der Waals surface area contributed by atoms with Crippen LogP contribution in [0.2, 0.25) is 0 Å². The highest BCUT2D eigenvalue weighted by atomic mass is 32.2. The van der Waals surface area contributed by atoms with Crippen molar-refractivity contribution in [3.63, 3.8) is 0 Å². The number of rotatable bonds is 9. The van der Waals surface area contributed by atoms with Crippen LogP contribution in [0.1, 0.15) is 37.4 Å². The molecule has 4 rings (SSSR count). The fourth-order valence-corrected chi connectivity index (χ4v) is 4.47. The summed E-state index contributed by atoms with van der Waals surface area (Å²) in [6, 6.07) is 18.0. The number of aromatic carboxylic acids is 1. The quantitative estimate of drug-likeness (QED) is 0.299. The van der Waals surface area contributed by atoms with Gasteiger partial charge in [0.1, 0.15) is 6.61 Å². The highest BCUT2D eigenvalue weighted by Crippen LogP contribution is 2.35. The summed E-state index contributed by atoms with van der Waals surface area (Å²) in [7, 11) is 2.79. The number of benzene rings is 3. The van der Waals surface area contributed by atoms with Crippen molar-refractivity contribution in [2.24, 2.45) is 0 Å². The van der Waals surface area contributed by atoms with E-state index in [4.69, 9.17) is 14.6 Å². The predicted molar refractivity (Wildman–Crippen MR) is 140 cm³/mol. The molecule has 0 aromatic heterocycles. The summed E-state index contributed by atoms with van der Waals surface area (Å²) in [6.45, 7) is 0.280. The van der Waals surface area contributed by atoms with Gasteiger partial charge in [-0.05, 0) is 70.9 Å². The first-order chi connectivity index (χ1) is 18.3. The zero-order valence-electron chi connectivity index (χ0n) is 20.5. The number of carboxylic acid groups (broad SMARTS) is 1. The molecule has 1 aliphatic heterocycles. The van der Waals surface area contributed by atoms with Gasteiger partial charge in [-0.3, -0.25) is 14.5 Å². The maximum atomic E-state index is 12.9. The zero-order valence-corrected chi connectivity index (χ0v) is 21.3. The third kappa shape index (κ3) is 6.04. The molecule has 1 saturated heterocycles. The van der Waals surface area contributed by atoms with Gasteiger partial charge in [-0.2, -0.15) is 0 Å². The monoisotopic (exact) mass is 533 g/mol. The van der Waals surface area contributed by atoms with E-state index in [9.17, 15) is 19.2 Å². The average Bonchev–Trinajstić information content (AvgIpc) is 3.19. The van der Waals surface area contributed by atoms with Gasteiger partial charge < -0.3 is 19.3 Å². The van der Waals surface area contributed by atoms with E-state index in [-0.39, 0.29) is 28.9 Å². The zero-order chi connectivity index (χ0) is 27.2. The molecule has 1 fully saturated rings. The van der Waals surface area contributed by atoms with E-state index in [0.29, 0.717) is 28.2 Å². The van der Waals surface area contributed by atoms with Gasteiger partial charge in [0.25, 0.3) is 11.1 Å². The molecule has 1 aliphatic rings. The fourth-order valence-electron chi connectivity index (χ4n) is 3.63. The second-order valence-corrected chi connectivity index (χ2v) is 9.15. The van der Waals surface area contributed by atoms with Crippen molar-refractivity contribution in [1.82, 2.24) is 4.90 Å². The number of hydrogen-bond donors (Lipinski definition) is 1. The highest BCUT2D eigenvalue weighted by molar-refractivity contribution is 8.18. The topological polar surface area (TPSA) is 119 Å². The molecule has 0 bridgehead atoms. The van der Waals surface area contributed by atoms with Crippen LogP contribution >= 0.6 is 11.8 Å². The molecule has 1 heterocycles. The van der Waals surface area contributed by atoms with Gasteiger partial charge in [0.05, 0.1) is 36.8 Å². The van der Waals surface area contributed by atoms with Crippen molar-refractivity contribution in [1.29, 1.82) is 0 Å². The number of thioether (sulfide) groups is 1. The summed E-state index contributed by atoms with van der Waals surface area (Å²) in [5.41, 5.74) is 2.70.